The normalized spacial score (nSPS) is 24.3. The van der Waals surface area contributed by atoms with Crippen LogP contribution in [0.3, 0.4) is 0 Å². The van der Waals surface area contributed by atoms with Gasteiger partial charge in [0.15, 0.2) is 0 Å². The molecule has 0 aromatic carbocycles. The van der Waals surface area contributed by atoms with Crippen molar-refractivity contribution in [2.75, 3.05) is 19.8 Å². The van der Waals surface area contributed by atoms with Crippen molar-refractivity contribution in [3.63, 3.8) is 0 Å². The van der Waals surface area contributed by atoms with E-state index in [4.69, 9.17) is 9.84 Å². The number of aliphatic hydroxyl groups excluding tert-OH is 1. The first-order chi connectivity index (χ1) is 5.20. The molecule has 1 heterocycles. The minimum Gasteiger partial charge on any atom is -0.396 e. The molecule has 1 rings (SSSR count). The predicted octanol–water partition coefficient (Wildman–Crippen LogP) is 1.43. The third-order valence-electron chi connectivity index (χ3n) is 2.72. The lowest BCUT2D eigenvalue weighted by molar-refractivity contribution is -0.0596. The van der Waals surface area contributed by atoms with Gasteiger partial charge in [0.1, 0.15) is 0 Å². The minimum absolute atomic E-state index is 0.133. The van der Waals surface area contributed by atoms with Gasteiger partial charge in [0.25, 0.3) is 0 Å². The Morgan fingerprint density at radius 1 is 1.55 bits per heavy atom. The second kappa shape index (κ2) is 3.55. The Morgan fingerprint density at radius 3 is 2.45 bits per heavy atom. The number of aliphatic hydroxyl groups is 1. The molecule has 0 aromatic rings. The average molecular weight is 158 g/mol. The summed E-state index contributed by atoms with van der Waals surface area (Å²) in [5, 5.41) is 9.11. The van der Waals surface area contributed by atoms with Crippen LogP contribution in [0, 0.1) is 11.3 Å². The highest BCUT2D eigenvalue weighted by atomic mass is 16.5. The van der Waals surface area contributed by atoms with Crippen molar-refractivity contribution in [3.05, 3.63) is 0 Å². The average Bonchev–Trinajstić information content (AvgIpc) is 1.97. The number of hydrogen-bond acceptors (Lipinski definition) is 2. The van der Waals surface area contributed by atoms with E-state index in [9.17, 15) is 0 Å². The van der Waals surface area contributed by atoms with Crippen molar-refractivity contribution in [2.45, 2.75) is 26.7 Å². The van der Waals surface area contributed by atoms with Crippen LogP contribution < -0.4 is 0 Å². The Bertz CT molecular complexity index is 115. The molecule has 0 spiro atoms. The monoisotopic (exact) mass is 158 g/mol. The van der Waals surface area contributed by atoms with E-state index in [1.54, 1.807) is 0 Å². The summed E-state index contributed by atoms with van der Waals surface area (Å²) in [6, 6.07) is 0. The molecule has 11 heavy (non-hydrogen) atoms. The van der Waals surface area contributed by atoms with Gasteiger partial charge >= 0.3 is 0 Å². The summed E-state index contributed by atoms with van der Waals surface area (Å²) in [5.74, 6) is 0.701. The molecule has 0 radical (unpaired) electrons. The maximum absolute atomic E-state index is 9.11. The van der Waals surface area contributed by atoms with Crippen molar-refractivity contribution in [1.82, 2.24) is 0 Å². The second-order valence-corrected chi connectivity index (χ2v) is 3.93. The fraction of sp³-hybridized carbons (Fsp3) is 1.00. The van der Waals surface area contributed by atoms with Gasteiger partial charge in [-0.3, -0.25) is 0 Å². The lowest BCUT2D eigenvalue weighted by Crippen LogP contribution is -2.34. The highest BCUT2D eigenvalue weighted by Gasteiger charge is 2.29. The molecule has 1 N–H and O–H groups in total. The molecule has 0 saturated carbocycles. The lowest BCUT2D eigenvalue weighted by atomic mass is 9.79. The summed E-state index contributed by atoms with van der Waals surface area (Å²) in [6.45, 7) is 6.38. The topological polar surface area (TPSA) is 29.5 Å². The molecule has 2 heteroatoms. The highest BCUT2D eigenvalue weighted by molar-refractivity contribution is 4.78. The van der Waals surface area contributed by atoms with Crippen molar-refractivity contribution < 1.29 is 9.84 Å². The summed E-state index contributed by atoms with van der Waals surface area (Å²) in [7, 11) is 0. The first-order valence-electron chi connectivity index (χ1n) is 4.39. The van der Waals surface area contributed by atoms with E-state index < -0.39 is 0 Å². The van der Waals surface area contributed by atoms with Crippen LogP contribution in [-0.2, 0) is 4.74 Å². The molecule has 0 aliphatic carbocycles. The minimum atomic E-state index is 0.133. The van der Waals surface area contributed by atoms with E-state index in [1.807, 2.05) is 0 Å². The third-order valence-corrected chi connectivity index (χ3v) is 2.72. The molecular formula is C9H18O2. The zero-order valence-corrected chi connectivity index (χ0v) is 7.47. The van der Waals surface area contributed by atoms with E-state index in [0.29, 0.717) is 12.5 Å². The highest BCUT2D eigenvalue weighted by Crippen LogP contribution is 2.31. The smallest absolute Gasteiger partial charge is 0.0516 e. The summed E-state index contributed by atoms with van der Waals surface area (Å²) in [4.78, 5) is 0. The van der Waals surface area contributed by atoms with Gasteiger partial charge < -0.3 is 9.84 Å². The molecule has 1 fully saturated rings. The van der Waals surface area contributed by atoms with Crippen LogP contribution in [0.2, 0.25) is 0 Å². The van der Waals surface area contributed by atoms with Crippen LogP contribution in [0.15, 0.2) is 0 Å². The van der Waals surface area contributed by atoms with Gasteiger partial charge in [-0.25, -0.2) is 0 Å². The molecule has 1 saturated heterocycles. The Morgan fingerprint density at radius 2 is 2.18 bits per heavy atom. The standard InChI is InChI=1S/C9H18O2/c1-3-9(2,7-10)4-8-5-11-6-8/h8,10H,3-7H2,1-2H3. The molecule has 0 aromatic heterocycles. The number of rotatable bonds is 4. The zero-order chi connectivity index (χ0) is 8.32. The van der Waals surface area contributed by atoms with Crippen molar-refractivity contribution in [1.29, 1.82) is 0 Å². The molecule has 2 nitrogen and oxygen atoms in total. The van der Waals surface area contributed by atoms with Crippen LogP contribution in [0.25, 0.3) is 0 Å². The van der Waals surface area contributed by atoms with Gasteiger partial charge in [0.2, 0.25) is 0 Å². The zero-order valence-electron chi connectivity index (χ0n) is 7.47. The molecule has 66 valence electrons. The van der Waals surface area contributed by atoms with E-state index >= 15 is 0 Å². The summed E-state index contributed by atoms with van der Waals surface area (Å²) < 4.78 is 5.09. The molecule has 1 unspecified atom stereocenters. The van der Waals surface area contributed by atoms with Gasteiger partial charge in [0.05, 0.1) is 13.2 Å². The van der Waals surface area contributed by atoms with Gasteiger partial charge in [-0.05, 0) is 18.3 Å². The van der Waals surface area contributed by atoms with Crippen LogP contribution in [0.1, 0.15) is 26.7 Å². The SMILES string of the molecule is CCC(C)(CO)CC1COC1. The number of ether oxygens (including phenoxy) is 1. The molecule has 1 aliphatic rings. The fourth-order valence-electron chi connectivity index (χ4n) is 1.42. The van der Waals surface area contributed by atoms with E-state index in [0.717, 1.165) is 26.1 Å². The van der Waals surface area contributed by atoms with E-state index in [-0.39, 0.29) is 5.41 Å². The van der Waals surface area contributed by atoms with Crippen LogP contribution >= 0.6 is 0 Å². The maximum atomic E-state index is 9.11. The van der Waals surface area contributed by atoms with Gasteiger partial charge in [-0.1, -0.05) is 13.8 Å². The van der Waals surface area contributed by atoms with Crippen LogP contribution in [0.4, 0.5) is 0 Å². The Kier molecular flexibility index (Phi) is 2.90. The molecule has 0 bridgehead atoms. The van der Waals surface area contributed by atoms with Crippen molar-refractivity contribution >= 4 is 0 Å². The summed E-state index contributed by atoms with van der Waals surface area (Å²) in [5.41, 5.74) is 0.133. The van der Waals surface area contributed by atoms with Crippen LogP contribution in [0.5, 0.6) is 0 Å². The van der Waals surface area contributed by atoms with Crippen molar-refractivity contribution in [3.8, 4) is 0 Å². The second-order valence-electron chi connectivity index (χ2n) is 3.93. The lowest BCUT2D eigenvalue weighted by Gasteiger charge is -2.35. The largest absolute Gasteiger partial charge is 0.396 e. The van der Waals surface area contributed by atoms with Gasteiger partial charge in [0, 0.05) is 12.5 Å². The quantitative estimate of drug-likeness (QED) is 0.670. The molecule has 1 aliphatic heterocycles. The first kappa shape index (κ1) is 9.01. The molecular weight excluding hydrogens is 140 g/mol. The Labute approximate surface area is 68.6 Å². The van der Waals surface area contributed by atoms with Crippen molar-refractivity contribution in [2.24, 2.45) is 11.3 Å². The van der Waals surface area contributed by atoms with Gasteiger partial charge in [-0.15, -0.1) is 0 Å². The summed E-state index contributed by atoms with van der Waals surface area (Å²) >= 11 is 0. The van der Waals surface area contributed by atoms with E-state index in [2.05, 4.69) is 13.8 Å². The molecule has 1 atom stereocenters. The van der Waals surface area contributed by atoms with Gasteiger partial charge in [-0.2, -0.15) is 0 Å². The first-order valence-corrected chi connectivity index (χ1v) is 4.39. The summed E-state index contributed by atoms with van der Waals surface area (Å²) in [6.07, 6.45) is 2.17. The Balaban J connectivity index is 2.29. The third kappa shape index (κ3) is 2.17. The Hall–Kier alpha value is -0.0800. The number of hydrogen-bond donors (Lipinski definition) is 1. The fourth-order valence-corrected chi connectivity index (χ4v) is 1.42. The predicted molar refractivity (Wildman–Crippen MR) is 44.4 cm³/mol. The maximum Gasteiger partial charge on any atom is 0.0516 e. The molecule has 0 amide bonds. The van der Waals surface area contributed by atoms with Crippen LogP contribution in [-0.4, -0.2) is 24.9 Å². The van der Waals surface area contributed by atoms with E-state index in [1.165, 1.54) is 0 Å².